The van der Waals surface area contributed by atoms with E-state index < -0.39 is 11.7 Å². The molecule has 1 aromatic heterocycles. The van der Waals surface area contributed by atoms with Crippen LogP contribution in [0.3, 0.4) is 0 Å². The van der Waals surface area contributed by atoms with E-state index in [-0.39, 0.29) is 5.82 Å². The Hall–Kier alpha value is -3.35. The SMILES string of the molecule is FC(F)(F)c1ccc(N/N=C\c2ccccc2OCc2ccccc2)nc1. The molecule has 0 fully saturated rings. The fourth-order valence-electron chi connectivity index (χ4n) is 2.25. The highest BCUT2D eigenvalue weighted by molar-refractivity contribution is 5.83. The predicted molar refractivity (Wildman–Crippen MR) is 97.7 cm³/mol. The smallest absolute Gasteiger partial charge is 0.417 e. The Morgan fingerprint density at radius 2 is 1.70 bits per heavy atom. The van der Waals surface area contributed by atoms with Crippen molar-refractivity contribution in [2.45, 2.75) is 12.8 Å². The number of nitrogens with zero attached hydrogens (tertiary/aromatic N) is 2. The fourth-order valence-corrected chi connectivity index (χ4v) is 2.25. The monoisotopic (exact) mass is 371 g/mol. The van der Waals surface area contributed by atoms with Gasteiger partial charge in [-0.25, -0.2) is 4.98 Å². The molecule has 1 heterocycles. The summed E-state index contributed by atoms with van der Waals surface area (Å²) in [6.07, 6.45) is -2.13. The van der Waals surface area contributed by atoms with Crippen molar-refractivity contribution in [3.05, 3.63) is 89.6 Å². The van der Waals surface area contributed by atoms with Crippen molar-refractivity contribution in [1.82, 2.24) is 4.98 Å². The first-order chi connectivity index (χ1) is 13.0. The number of halogens is 3. The van der Waals surface area contributed by atoms with E-state index in [2.05, 4.69) is 15.5 Å². The van der Waals surface area contributed by atoms with Gasteiger partial charge in [-0.05, 0) is 29.8 Å². The van der Waals surface area contributed by atoms with Crippen LogP contribution < -0.4 is 10.2 Å². The summed E-state index contributed by atoms with van der Waals surface area (Å²) < 4.78 is 43.4. The maximum Gasteiger partial charge on any atom is 0.417 e. The van der Waals surface area contributed by atoms with Gasteiger partial charge in [0.2, 0.25) is 0 Å². The van der Waals surface area contributed by atoms with Crippen LogP contribution in [0.2, 0.25) is 0 Å². The normalized spacial score (nSPS) is 11.5. The molecule has 0 unspecified atom stereocenters. The molecule has 3 rings (SSSR count). The molecule has 138 valence electrons. The highest BCUT2D eigenvalue weighted by Crippen LogP contribution is 2.28. The summed E-state index contributed by atoms with van der Waals surface area (Å²) in [6, 6.07) is 19.2. The number of hydrazone groups is 1. The molecule has 0 radical (unpaired) electrons. The average Bonchev–Trinajstić information content (AvgIpc) is 2.68. The highest BCUT2D eigenvalue weighted by Gasteiger charge is 2.30. The summed E-state index contributed by atoms with van der Waals surface area (Å²) in [6.45, 7) is 0.416. The van der Waals surface area contributed by atoms with Crippen molar-refractivity contribution in [3.8, 4) is 5.75 Å². The first kappa shape index (κ1) is 18.4. The van der Waals surface area contributed by atoms with E-state index in [1.54, 1.807) is 0 Å². The molecule has 4 nitrogen and oxygen atoms in total. The second kappa shape index (κ2) is 8.35. The third-order valence-electron chi connectivity index (χ3n) is 3.63. The van der Waals surface area contributed by atoms with Gasteiger partial charge < -0.3 is 4.74 Å². The summed E-state index contributed by atoms with van der Waals surface area (Å²) >= 11 is 0. The lowest BCUT2D eigenvalue weighted by molar-refractivity contribution is -0.137. The molecule has 27 heavy (non-hydrogen) atoms. The number of benzene rings is 2. The zero-order valence-electron chi connectivity index (χ0n) is 14.1. The van der Waals surface area contributed by atoms with Gasteiger partial charge in [-0.2, -0.15) is 18.3 Å². The second-order valence-corrected chi connectivity index (χ2v) is 5.61. The van der Waals surface area contributed by atoms with Crippen molar-refractivity contribution in [3.63, 3.8) is 0 Å². The van der Waals surface area contributed by atoms with E-state index in [0.29, 0.717) is 12.4 Å². The van der Waals surface area contributed by atoms with Gasteiger partial charge in [-0.15, -0.1) is 0 Å². The molecule has 0 saturated carbocycles. The Morgan fingerprint density at radius 1 is 0.963 bits per heavy atom. The number of para-hydroxylation sites is 1. The van der Waals surface area contributed by atoms with Gasteiger partial charge in [-0.1, -0.05) is 42.5 Å². The second-order valence-electron chi connectivity index (χ2n) is 5.61. The van der Waals surface area contributed by atoms with Gasteiger partial charge in [0.15, 0.2) is 0 Å². The summed E-state index contributed by atoms with van der Waals surface area (Å²) in [5, 5.41) is 4.02. The summed E-state index contributed by atoms with van der Waals surface area (Å²) in [5.74, 6) is 0.856. The lowest BCUT2D eigenvalue weighted by Crippen LogP contribution is -2.05. The largest absolute Gasteiger partial charge is 0.488 e. The molecular formula is C20H16F3N3O. The minimum Gasteiger partial charge on any atom is -0.488 e. The van der Waals surface area contributed by atoms with Gasteiger partial charge in [0.25, 0.3) is 0 Å². The number of hydrogen-bond donors (Lipinski definition) is 1. The Kier molecular flexibility index (Phi) is 5.71. The lowest BCUT2D eigenvalue weighted by atomic mass is 10.2. The van der Waals surface area contributed by atoms with Gasteiger partial charge >= 0.3 is 6.18 Å². The Bertz CT molecular complexity index is 894. The summed E-state index contributed by atoms with van der Waals surface area (Å²) in [5.41, 5.74) is 3.57. The topological polar surface area (TPSA) is 46.5 Å². The Labute approximate surface area is 154 Å². The van der Waals surface area contributed by atoms with Crippen LogP contribution >= 0.6 is 0 Å². The van der Waals surface area contributed by atoms with Gasteiger partial charge in [0, 0.05) is 11.8 Å². The first-order valence-corrected chi connectivity index (χ1v) is 8.10. The van der Waals surface area contributed by atoms with Crippen LogP contribution in [0.25, 0.3) is 0 Å². The molecular weight excluding hydrogens is 355 g/mol. The van der Waals surface area contributed by atoms with E-state index in [1.165, 1.54) is 12.3 Å². The molecule has 0 spiro atoms. The van der Waals surface area contributed by atoms with Crippen LogP contribution in [0.15, 0.2) is 78.0 Å². The molecule has 3 aromatic rings. The molecule has 1 N–H and O–H groups in total. The van der Waals surface area contributed by atoms with Gasteiger partial charge in [0.05, 0.1) is 11.8 Å². The number of ether oxygens (including phenoxy) is 1. The van der Waals surface area contributed by atoms with Crippen molar-refractivity contribution in [2.75, 3.05) is 5.43 Å². The van der Waals surface area contributed by atoms with Crippen molar-refractivity contribution < 1.29 is 17.9 Å². The molecule has 0 aliphatic heterocycles. The van der Waals surface area contributed by atoms with E-state index >= 15 is 0 Å². The number of rotatable bonds is 6. The van der Waals surface area contributed by atoms with Crippen LogP contribution in [-0.4, -0.2) is 11.2 Å². The number of anilines is 1. The van der Waals surface area contributed by atoms with E-state index in [4.69, 9.17) is 4.74 Å². The molecule has 0 amide bonds. The maximum atomic E-state index is 12.5. The van der Waals surface area contributed by atoms with E-state index in [9.17, 15) is 13.2 Å². The molecule has 0 saturated heterocycles. The molecule has 0 atom stereocenters. The molecule has 2 aromatic carbocycles. The number of hydrogen-bond acceptors (Lipinski definition) is 4. The minimum absolute atomic E-state index is 0.210. The number of pyridine rings is 1. The van der Waals surface area contributed by atoms with E-state index in [0.717, 1.165) is 23.4 Å². The summed E-state index contributed by atoms with van der Waals surface area (Å²) in [7, 11) is 0. The maximum absolute atomic E-state index is 12.5. The van der Waals surface area contributed by atoms with Crippen LogP contribution in [-0.2, 0) is 12.8 Å². The van der Waals surface area contributed by atoms with Gasteiger partial charge in [0.1, 0.15) is 18.2 Å². The molecule has 0 bridgehead atoms. The van der Waals surface area contributed by atoms with Crippen molar-refractivity contribution in [1.29, 1.82) is 0 Å². The minimum atomic E-state index is -4.41. The van der Waals surface area contributed by atoms with Crippen molar-refractivity contribution in [2.24, 2.45) is 5.10 Å². The van der Waals surface area contributed by atoms with Crippen LogP contribution in [0.1, 0.15) is 16.7 Å². The Morgan fingerprint density at radius 3 is 2.41 bits per heavy atom. The van der Waals surface area contributed by atoms with Crippen LogP contribution in [0, 0.1) is 0 Å². The highest BCUT2D eigenvalue weighted by atomic mass is 19.4. The predicted octanol–water partition coefficient (Wildman–Crippen LogP) is 5.13. The lowest BCUT2D eigenvalue weighted by Gasteiger charge is -2.09. The van der Waals surface area contributed by atoms with E-state index in [1.807, 2.05) is 54.6 Å². The van der Waals surface area contributed by atoms with Gasteiger partial charge in [-0.3, -0.25) is 5.43 Å². The number of nitrogens with one attached hydrogen (secondary N) is 1. The molecule has 0 aliphatic rings. The molecule has 7 heteroatoms. The Balaban J connectivity index is 1.63. The number of alkyl halides is 3. The standard InChI is InChI=1S/C20H16F3N3O/c21-20(22,23)17-10-11-19(24-13-17)26-25-12-16-8-4-5-9-18(16)27-14-15-6-2-1-3-7-15/h1-13H,14H2,(H,24,26)/b25-12-. The zero-order chi connectivity index (χ0) is 19.1. The average molecular weight is 371 g/mol. The zero-order valence-corrected chi connectivity index (χ0v) is 14.1. The third kappa shape index (κ3) is 5.31. The quantitative estimate of drug-likeness (QED) is 0.483. The number of aromatic nitrogens is 1. The fraction of sp³-hybridized carbons (Fsp3) is 0.100. The summed E-state index contributed by atoms with van der Waals surface area (Å²) in [4.78, 5) is 3.70. The first-order valence-electron chi connectivity index (χ1n) is 8.10. The van der Waals surface area contributed by atoms with Crippen molar-refractivity contribution >= 4 is 12.0 Å². The third-order valence-corrected chi connectivity index (χ3v) is 3.63. The van der Waals surface area contributed by atoms with Crippen LogP contribution in [0.5, 0.6) is 5.75 Å². The molecule has 0 aliphatic carbocycles. The van der Waals surface area contributed by atoms with Crippen LogP contribution in [0.4, 0.5) is 19.0 Å².